The average molecular weight is 413 g/mol. The van der Waals surface area contributed by atoms with Gasteiger partial charge in [-0.25, -0.2) is 0 Å². The molecule has 1 fully saturated rings. The Labute approximate surface area is 174 Å². The summed E-state index contributed by atoms with van der Waals surface area (Å²) < 4.78 is 16.5. The number of carbonyl (C=O) groups excluding carboxylic acids is 1. The van der Waals surface area contributed by atoms with Gasteiger partial charge in [0.2, 0.25) is 0 Å². The first-order valence-corrected chi connectivity index (χ1v) is 10.6. The molecule has 1 saturated heterocycles. The van der Waals surface area contributed by atoms with Gasteiger partial charge in [0, 0.05) is 12.6 Å². The van der Waals surface area contributed by atoms with E-state index in [2.05, 4.69) is 5.16 Å². The predicted octanol–water partition coefficient (Wildman–Crippen LogP) is 5.18. The molecule has 0 N–H and O–H groups in total. The number of benzene rings is 1. The molecular weight excluding hydrogens is 388 g/mol. The largest absolute Gasteiger partial charge is 0.496 e. The minimum atomic E-state index is -0.142. The van der Waals surface area contributed by atoms with Gasteiger partial charge in [-0.2, -0.15) is 0 Å². The van der Waals surface area contributed by atoms with Crippen LogP contribution in [0.25, 0.3) is 10.6 Å². The number of hydrogen-bond acceptors (Lipinski definition) is 6. The molecule has 3 heterocycles. The quantitative estimate of drug-likeness (QED) is 0.578. The van der Waals surface area contributed by atoms with Gasteiger partial charge < -0.3 is 18.9 Å². The number of thiophene rings is 1. The molecule has 3 aromatic rings. The van der Waals surface area contributed by atoms with Crippen molar-refractivity contribution in [2.75, 3.05) is 20.8 Å². The van der Waals surface area contributed by atoms with Crippen molar-refractivity contribution in [1.82, 2.24) is 10.1 Å². The van der Waals surface area contributed by atoms with Gasteiger partial charge in [0.05, 0.1) is 25.1 Å². The lowest BCUT2D eigenvalue weighted by Crippen LogP contribution is -2.35. The molecule has 152 valence electrons. The Kier molecular flexibility index (Phi) is 5.85. The number of hydrogen-bond donors (Lipinski definition) is 0. The van der Waals surface area contributed by atoms with E-state index in [-0.39, 0.29) is 11.9 Å². The van der Waals surface area contributed by atoms with Gasteiger partial charge in [-0.1, -0.05) is 30.1 Å². The molecule has 0 aliphatic carbocycles. The van der Waals surface area contributed by atoms with E-state index >= 15 is 0 Å². The summed E-state index contributed by atoms with van der Waals surface area (Å²) in [5, 5.41) is 6.33. The van der Waals surface area contributed by atoms with E-state index in [0.717, 1.165) is 42.0 Å². The maximum absolute atomic E-state index is 13.6. The number of ether oxygens (including phenoxy) is 2. The van der Waals surface area contributed by atoms with E-state index in [0.29, 0.717) is 23.6 Å². The van der Waals surface area contributed by atoms with Gasteiger partial charge in [-0.05, 0) is 36.4 Å². The van der Waals surface area contributed by atoms with E-state index in [9.17, 15) is 4.79 Å². The van der Waals surface area contributed by atoms with Gasteiger partial charge in [-0.15, -0.1) is 11.3 Å². The van der Waals surface area contributed by atoms with Crippen molar-refractivity contribution < 1.29 is 18.8 Å². The van der Waals surface area contributed by atoms with Crippen molar-refractivity contribution in [1.29, 1.82) is 0 Å². The van der Waals surface area contributed by atoms with Gasteiger partial charge in [0.1, 0.15) is 22.8 Å². The molecular formula is C22H24N2O4S. The molecule has 1 atom stereocenters. The Hall–Kier alpha value is -2.80. The van der Waals surface area contributed by atoms with E-state index in [4.69, 9.17) is 14.0 Å². The number of nitrogens with zero attached hydrogens (tertiary/aromatic N) is 2. The summed E-state index contributed by atoms with van der Waals surface area (Å²) in [5.74, 6) is 1.65. The fraction of sp³-hybridized carbons (Fsp3) is 0.364. The zero-order valence-corrected chi connectivity index (χ0v) is 17.4. The minimum Gasteiger partial charge on any atom is -0.496 e. The molecule has 0 unspecified atom stereocenters. The molecule has 0 spiro atoms. The molecule has 2 aromatic heterocycles. The fourth-order valence-electron chi connectivity index (χ4n) is 3.85. The number of carbonyl (C=O) groups is 1. The van der Waals surface area contributed by atoms with Crippen molar-refractivity contribution in [2.45, 2.75) is 31.7 Å². The maximum atomic E-state index is 13.6. The minimum absolute atomic E-state index is 0.105. The third kappa shape index (κ3) is 3.87. The lowest BCUT2D eigenvalue weighted by atomic mass is 10.0. The summed E-state index contributed by atoms with van der Waals surface area (Å²) in [5.41, 5.74) is 1.24. The highest BCUT2D eigenvalue weighted by atomic mass is 32.1. The van der Waals surface area contributed by atoms with Crippen LogP contribution in [-0.4, -0.2) is 36.7 Å². The first kappa shape index (κ1) is 19.5. The molecule has 6 nitrogen and oxygen atoms in total. The Morgan fingerprint density at radius 1 is 1.14 bits per heavy atom. The summed E-state index contributed by atoms with van der Waals surface area (Å²) >= 11 is 1.61. The molecule has 29 heavy (non-hydrogen) atoms. The average Bonchev–Trinajstić information content (AvgIpc) is 3.40. The monoisotopic (exact) mass is 412 g/mol. The lowest BCUT2D eigenvalue weighted by molar-refractivity contribution is 0.0667. The Bertz CT molecular complexity index is 945. The predicted molar refractivity (Wildman–Crippen MR) is 112 cm³/mol. The van der Waals surface area contributed by atoms with Crippen LogP contribution >= 0.6 is 11.3 Å². The third-order valence-corrected chi connectivity index (χ3v) is 6.17. The Morgan fingerprint density at radius 3 is 2.62 bits per heavy atom. The van der Waals surface area contributed by atoms with Crippen molar-refractivity contribution in [2.24, 2.45) is 0 Å². The van der Waals surface area contributed by atoms with Crippen molar-refractivity contribution in [3.05, 3.63) is 53.0 Å². The van der Waals surface area contributed by atoms with E-state index in [1.54, 1.807) is 37.7 Å². The van der Waals surface area contributed by atoms with Crippen LogP contribution in [0, 0.1) is 0 Å². The van der Waals surface area contributed by atoms with Crippen LogP contribution in [0.3, 0.4) is 0 Å². The van der Waals surface area contributed by atoms with Crippen LogP contribution in [0.4, 0.5) is 0 Å². The smallest absolute Gasteiger partial charge is 0.261 e. The van der Waals surface area contributed by atoms with E-state index < -0.39 is 0 Å². The molecule has 7 heteroatoms. The molecule has 1 aliphatic rings. The van der Waals surface area contributed by atoms with Gasteiger partial charge >= 0.3 is 0 Å². The van der Waals surface area contributed by atoms with Crippen LogP contribution < -0.4 is 9.47 Å². The summed E-state index contributed by atoms with van der Waals surface area (Å²) in [6.07, 6.45) is 3.92. The molecule has 1 aliphatic heterocycles. The zero-order chi connectivity index (χ0) is 20.2. The van der Waals surface area contributed by atoms with Crippen LogP contribution in [0.15, 0.2) is 46.3 Å². The van der Waals surface area contributed by atoms with Crippen LogP contribution in [0.1, 0.15) is 47.8 Å². The summed E-state index contributed by atoms with van der Waals surface area (Å²) in [6.45, 7) is 0.659. The van der Waals surface area contributed by atoms with Crippen LogP contribution in [-0.2, 0) is 0 Å². The second-order valence-electron chi connectivity index (χ2n) is 6.99. The lowest BCUT2D eigenvalue weighted by Gasteiger charge is -2.29. The summed E-state index contributed by atoms with van der Waals surface area (Å²) in [6, 6.07) is 11.2. The van der Waals surface area contributed by atoms with Crippen LogP contribution in [0.5, 0.6) is 11.5 Å². The number of methoxy groups -OCH3 is 2. The van der Waals surface area contributed by atoms with E-state index in [1.165, 1.54) is 0 Å². The number of aromatic nitrogens is 1. The standard InChI is InChI=1S/C22H24N2O4S/c1-26-17-9-6-10-18(27-2)21(17)22(25)24-12-5-3-4-8-16(24)15-14-19(28-23-15)20-11-7-13-29-20/h6-7,9-11,13-14,16H,3-5,8,12H2,1-2H3/t16-/m0/s1. The second kappa shape index (κ2) is 8.69. The van der Waals surface area contributed by atoms with Gasteiger partial charge in [-0.3, -0.25) is 4.79 Å². The van der Waals surface area contributed by atoms with Crippen molar-refractivity contribution >= 4 is 17.2 Å². The zero-order valence-electron chi connectivity index (χ0n) is 16.6. The van der Waals surface area contributed by atoms with Crippen LogP contribution in [0.2, 0.25) is 0 Å². The molecule has 0 bridgehead atoms. The molecule has 1 amide bonds. The first-order valence-electron chi connectivity index (χ1n) is 9.75. The normalized spacial score (nSPS) is 17.0. The highest BCUT2D eigenvalue weighted by Crippen LogP contribution is 2.37. The third-order valence-electron chi connectivity index (χ3n) is 5.29. The maximum Gasteiger partial charge on any atom is 0.261 e. The van der Waals surface area contributed by atoms with Crippen molar-refractivity contribution in [3.8, 4) is 22.1 Å². The topological polar surface area (TPSA) is 64.8 Å². The number of amides is 1. The highest BCUT2D eigenvalue weighted by Gasteiger charge is 2.33. The first-order chi connectivity index (χ1) is 14.2. The van der Waals surface area contributed by atoms with Gasteiger partial charge in [0.25, 0.3) is 5.91 Å². The number of rotatable bonds is 5. The Morgan fingerprint density at radius 2 is 1.93 bits per heavy atom. The SMILES string of the molecule is COc1cccc(OC)c1C(=O)N1CCCCC[C@H]1c1cc(-c2cccs2)on1. The summed E-state index contributed by atoms with van der Waals surface area (Å²) in [7, 11) is 3.13. The molecule has 1 aromatic carbocycles. The van der Waals surface area contributed by atoms with Crippen molar-refractivity contribution in [3.63, 3.8) is 0 Å². The highest BCUT2D eigenvalue weighted by molar-refractivity contribution is 7.13. The van der Waals surface area contributed by atoms with E-state index in [1.807, 2.05) is 34.5 Å². The Balaban J connectivity index is 1.70. The second-order valence-corrected chi connectivity index (χ2v) is 7.94. The molecule has 4 rings (SSSR count). The molecule has 0 radical (unpaired) electrons. The number of likely N-dealkylation sites (tertiary alicyclic amines) is 1. The fourth-order valence-corrected chi connectivity index (χ4v) is 4.52. The van der Waals surface area contributed by atoms with Gasteiger partial charge in [0.15, 0.2) is 5.76 Å². The molecule has 0 saturated carbocycles. The summed E-state index contributed by atoms with van der Waals surface area (Å²) in [4.78, 5) is 16.6.